The number of nitrogens with one attached hydrogen (secondary N) is 1. The van der Waals surface area contributed by atoms with Crippen LogP contribution in [0.15, 0.2) is 6.07 Å². The fraction of sp³-hybridized carbons (Fsp3) is 0.538. The molecule has 0 aliphatic heterocycles. The molecule has 108 valence electrons. The molecule has 1 atom stereocenters. The van der Waals surface area contributed by atoms with E-state index in [9.17, 15) is 9.50 Å². The van der Waals surface area contributed by atoms with Gasteiger partial charge >= 0.3 is 0 Å². The minimum absolute atomic E-state index is 0.0724. The van der Waals surface area contributed by atoms with E-state index < -0.39 is 11.4 Å². The van der Waals surface area contributed by atoms with Crippen LogP contribution in [0.5, 0.6) is 0 Å². The van der Waals surface area contributed by atoms with Crippen molar-refractivity contribution in [2.24, 2.45) is 5.92 Å². The van der Waals surface area contributed by atoms with Gasteiger partial charge in [0.25, 0.3) is 0 Å². The predicted octanol–water partition coefficient (Wildman–Crippen LogP) is 2.85. The van der Waals surface area contributed by atoms with Gasteiger partial charge in [-0.25, -0.2) is 4.39 Å². The van der Waals surface area contributed by atoms with Crippen molar-refractivity contribution >= 4 is 28.7 Å². The maximum Gasteiger partial charge on any atom is 0.169 e. The van der Waals surface area contributed by atoms with E-state index in [1.165, 1.54) is 6.07 Å². The van der Waals surface area contributed by atoms with Gasteiger partial charge in [0, 0.05) is 6.54 Å². The lowest BCUT2D eigenvalue weighted by atomic mass is 9.94. The number of aliphatic hydroxyl groups is 1. The lowest BCUT2D eigenvalue weighted by Crippen LogP contribution is -2.35. The Labute approximate surface area is 117 Å². The van der Waals surface area contributed by atoms with E-state index in [2.05, 4.69) is 5.32 Å². The summed E-state index contributed by atoms with van der Waals surface area (Å²) in [5.74, 6) is -0.367. The largest absolute Gasteiger partial charge is 0.397 e. The molecule has 0 fully saturated rings. The van der Waals surface area contributed by atoms with Crippen molar-refractivity contribution in [1.82, 2.24) is 0 Å². The van der Waals surface area contributed by atoms with Gasteiger partial charge in [-0.05, 0) is 25.3 Å². The van der Waals surface area contributed by atoms with Crippen LogP contribution in [0.2, 0.25) is 5.02 Å². The number of benzene rings is 1. The molecule has 0 radical (unpaired) electrons. The molecule has 0 aliphatic rings. The molecule has 6 heteroatoms. The second kappa shape index (κ2) is 5.84. The van der Waals surface area contributed by atoms with E-state index in [4.69, 9.17) is 23.1 Å². The number of rotatable bonds is 5. The number of halogens is 2. The summed E-state index contributed by atoms with van der Waals surface area (Å²) in [6, 6.07) is 1.39. The average Bonchev–Trinajstić information content (AvgIpc) is 2.24. The molecule has 1 aromatic carbocycles. The third-order valence-electron chi connectivity index (χ3n) is 2.76. The molecular formula is C13H21ClFN3O. The summed E-state index contributed by atoms with van der Waals surface area (Å²) in [5, 5.41) is 12.8. The Morgan fingerprint density at radius 3 is 2.53 bits per heavy atom. The molecule has 1 aromatic rings. The maximum absolute atomic E-state index is 13.9. The standard InChI is InChI=1S/C13H21ClFN3O/c1-7(2)5-13(3,19)6-18-12-9(17)4-8(16)10(14)11(12)15/h4,7,18-19H,5-6,16-17H2,1-3H3. The smallest absolute Gasteiger partial charge is 0.169 e. The summed E-state index contributed by atoms with van der Waals surface area (Å²) in [7, 11) is 0. The second-order valence-electron chi connectivity index (χ2n) is 5.51. The highest BCUT2D eigenvalue weighted by Crippen LogP contribution is 2.34. The number of hydrogen-bond acceptors (Lipinski definition) is 4. The molecule has 1 unspecified atom stereocenters. The summed E-state index contributed by atoms with van der Waals surface area (Å²) in [4.78, 5) is 0. The molecule has 0 heterocycles. The Hall–Kier alpha value is -1.20. The minimum atomic E-state index is -0.957. The molecule has 0 amide bonds. The Morgan fingerprint density at radius 1 is 1.42 bits per heavy atom. The van der Waals surface area contributed by atoms with Crippen molar-refractivity contribution in [2.45, 2.75) is 32.8 Å². The SMILES string of the molecule is CC(C)CC(C)(O)CNc1c(N)cc(N)c(Cl)c1F. The third-order valence-corrected chi connectivity index (χ3v) is 3.14. The maximum atomic E-state index is 13.9. The van der Waals surface area contributed by atoms with E-state index in [-0.39, 0.29) is 28.6 Å². The van der Waals surface area contributed by atoms with Crippen molar-refractivity contribution in [3.8, 4) is 0 Å². The Kier molecular flexibility index (Phi) is 4.87. The topological polar surface area (TPSA) is 84.3 Å². The summed E-state index contributed by atoms with van der Waals surface area (Å²) in [6.45, 7) is 5.87. The summed E-state index contributed by atoms with van der Waals surface area (Å²) < 4.78 is 13.9. The molecule has 0 aliphatic carbocycles. The van der Waals surface area contributed by atoms with Crippen LogP contribution in [0.3, 0.4) is 0 Å². The van der Waals surface area contributed by atoms with Crippen LogP contribution >= 0.6 is 11.6 Å². The number of hydrogen-bond donors (Lipinski definition) is 4. The van der Waals surface area contributed by atoms with Crippen molar-refractivity contribution in [1.29, 1.82) is 0 Å². The van der Waals surface area contributed by atoms with Crippen LogP contribution < -0.4 is 16.8 Å². The Morgan fingerprint density at radius 2 is 2.00 bits per heavy atom. The first kappa shape index (κ1) is 15.9. The van der Waals surface area contributed by atoms with Crippen LogP contribution in [-0.2, 0) is 0 Å². The highest BCUT2D eigenvalue weighted by atomic mass is 35.5. The van der Waals surface area contributed by atoms with Crippen LogP contribution in [0.4, 0.5) is 21.5 Å². The van der Waals surface area contributed by atoms with Crippen molar-refractivity contribution in [2.75, 3.05) is 23.3 Å². The first-order chi connectivity index (χ1) is 8.64. The lowest BCUT2D eigenvalue weighted by molar-refractivity contribution is 0.0515. The van der Waals surface area contributed by atoms with Gasteiger partial charge in [0.1, 0.15) is 5.02 Å². The van der Waals surface area contributed by atoms with Gasteiger partial charge in [0.15, 0.2) is 5.82 Å². The number of anilines is 3. The molecule has 19 heavy (non-hydrogen) atoms. The molecule has 6 N–H and O–H groups in total. The van der Waals surface area contributed by atoms with E-state index in [0.717, 1.165) is 0 Å². The Balaban J connectivity index is 2.87. The quantitative estimate of drug-likeness (QED) is 0.628. The summed E-state index contributed by atoms with van der Waals surface area (Å²) in [6.07, 6.45) is 0.588. The van der Waals surface area contributed by atoms with Gasteiger partial charge in [0.2, 0.25) is 0 Å². The Bertz CT molecular complexity index is 464. The van der Waals surface area contributed by atoms with Crippen LogP contribution in [0, 0.1) is 11.7 Å². The van der Waals surface area contributed by atoms with E-state index >= 15 is 0 Å². The molecule has 0 saturated carbocycles. The van der Waals surface area contributed by atoms with Crippen LogP contribution in [0.25, 0.3) is 0 Å². The zero-order valence-electron chi connectivity index (χ0n) is 11.4. The normalized spacial score (nSPS) is 14.5. The van der Waals surface area contributed by atoms with Crippen molar-refractivity contribution in [3.63, 3.8) is 0 Å². The van der Waals surface area contributed by atoms with Gasteiger partial charge in [-0.1, -0.05) is 25.4 Å². The molecule has 4 nitrogen and oxygen atoms in total. The number of nitrogens with two attached hydrogens (primary N) is 2. The minimum Gasteiger partial charge on any atom is -0.397 e. The predicted molar refractivity (Wildman–Crippen MR) is 78.8 cm³/mol. The highest BCUT2D eigenvalue weighted by molar-refractivity contribution is 6.33. The molecule has 0 aromatic heterocycles. The fourth-order valence-electron chi connectivity index (χ4n) is 2.08. The average molecular weight is 290 g/mol. The van der Waals surface area contributed by atoms with Gasteiger partial charge in [-0.3, -0.25) is 0 Å². The van der Waals surface area contributed by atoms with Gasteiger partial charge in [0.05, 0.1) is 22.7 Å². The van der Waals surface area contributed by atoms with Gasteiger partial charge in [-0.15, -0.1) is 0 Å². The summed E-state index contributed by atoms with van der Waals surface area (Å²) >= 11 is 5.73. The summed E-state index contributed by atoms with van der Waals surface area (Å²) in [5.41, 5.74) is 10.6. The van der Waals surface area contributed by atoms with Crippen LogP contribution in [-0.4, -0.2) is 17.3 Å². The third kappa shape index (κ3) is 4.14. The zero-order valence-corrected chi connectivity index (χ0v) is 12.2. The molecule has 0 bridgehead atoms. The van der Waals surface area contributed by atoms with Crippen molar-refractivity contribution < 1.29 is 9.50 Å². The highest BCUT2D eigenvalue weighted by Gasteiger charge is 2.23. The molecule has 1 rings (SSSR count). The van der Waals surface area contributed by atoms with E-state index in [1.807, 2.05) is 13.8 Å². The second-order valence-corrected chi connectivity index (χ2v) is 5.88. The van der Waals surface area contributed by atoms with Crippen molar-refractivity contribution in [3.05, 3.63) is 16.9 Å². The molecule has 0 spiro atoms. The number of nitrogen functional groups attached to an aromatic ring is 2. The van der Waals surface area contributed by atoms with E-state index in [0.29, 0.717) is 12.3 Å². The molecular weight excluding hydrogens is 269 g/mol. The first-order valence-electron chi connectivity index (χ1n) is 6.13. The lowest BCUT2D eigenvalue weighted by Gasteiger charge is -2.26. The monoisotopic (exact) mass is 289 g/mol. The van der Waals surface area contributed by atoms with Gasteiger partial charge in [-0.2, -0.15) is 0 Å². The van der Waals surface area contributed by atoms with Gasteiger partial charge < -0.3 is 21.9 Å². The first-order valence-corrected chi connectivity index (χ1v) is 6.51. The zero-order chi connectivity index (χ0) is 14.8. The fourth-order valence-corrected chi connectivity index (χ4v) is 2.23. The molecule has 0 saturated heterocycles. The van der Waals surface area contributed by atoms with Crippen LogP contribution in [0.1, 0.15) is 27.2 Å². The van der Waals surface area contributed by atoms with E-state index in [1.54, 1.807) is 6.92 Å².